The quantitative estimate of drug-likeness (QED) is 0.822. The van der Waals surface area contributed by atoms with Crippen molar-refractivity contribution in [1.82, 2.24) is 10.2 Å². The van der Waals surface area contributed by atoms with Crippen molar-refractivity contribution < 1.29 is 0 Å². The third kappa shape index (κ3) is 4.82. The molecule has 1 aromatic carbocycles. The Kier molecular flexibility index (Phi) is 6.72. The molecule has 2 rings (SSSR count). The van der Waals surface area contributed by atoms with Gasteiger partial charge in [-0.2, -0.15) is 0 Å². The van der Waals surface area contributed by atoms with Crippen LogP contribution in [0.25, 0.3) is 0 Å². The highest BCUT2D eigenvalue weighted by Gasteiger charge is 2.31. The maximum Gasteiger partial charge on any atom is 0.0248 e. The molecule has 21 heavy (non-hydrogen) atoms. The van der Waals surface area contributed by atoms with E-state index >= 15 is 0 Å². The van der Waals surface area contributed by atoms with E-state index in [4.69, 9.17) is 0 Å². The molecule has 1 aliphatic carbocycles. The maximum atomic E-state index is 3.55. The second-order valence-corrected chi connectivity index (χ2v) is 6.65. The molecule has 0 spiro atoms. The van der Waals surface area contributed by atoms with Crippen molar-refractivity contribution in [2.75, 3.05) is 20.6 Å². The molecule has 1 N–H and O–H groups in total. The predicted octanol–water partition coefficient (Wildman–Crippen LogP) is 3.72. The van der Waals surface area contributed by atoms with Crippen LogP contribution in [0.4, 0.5) is 0 Å². The monoisotopic (exact) mass is 288 g/mol. The first-order valence-corrected chi connectivity index (χ1v) is 8.66. The molecule has 2 nitrogen and oxygen atoms in total. The average Bonchev–Trinajstić information content (AvgIpc) is 2.54. The lowest BCUT2D eigenvalue weighted by Crippen LogP contribution is -2.51. The number of nitrogens with one attached hydrogen (secondary N) is 1. The van der Waals surface area contributed by atoms with E-state index in [1.807, 2.05) is 0 Å². The highest BCUT2D eigenvalue weighted by atomic mass is 15.2. The van der Waals surface area contributed by atoms with Crippen LogP contribution >= 0.6 is 0 Å². The molecule has 1 saturated carbocycles. The summed E-state index contributed by atoms with van der Waals surface area (Å²) in [6.45, 7) is 3.48. The SMILES string of the molecule is CCCC1CCC(NC)C(N(C)CCc2ccccc2)C1. The molecule has 1 aliphatic rings. The number of hydrogen-bond acceptors (Lipinski definition) is 2. The number of rotatable bonds is 7. The Bertz CT molecular complexity index is 390. The zero-order valence-electron chi connectivity index (χ0n) is 14.0. The van der Waals surface area contributed by atoms with Gasteiger partial charge in [-0.25, -0.2) is 0 Å². The normalized spacial score (nSPS) is 26.2. The van der Waals surface area contributed by atoms with Gasteiger partial charge in [-0.05, 0) is 51.3 Å². The first kappa shape index (κ1) is 16.5. The van der Waals surface area contributed by atoms with Crippen LogP contribution in [0.1, 0.15) is 44.6 Å². The van der Waals surface area contributed by atoms with Crippen LogP contribution in [0, 0.1) is 5.92 Å². The van der Waals surface area contributed by atoms with Crippen LogP contribution in [0.15, 0.2) is 30.3 Å². The van der Waals surface area contributed by atoms with Crippen LogP contribution in [0.5, 0.6) is 0 Å². The van der Waals surface area contributed by atoms with E-state index in [2.05, 4.69) is 61.6 Å². The molecule has 0 saturated heterocycles. The number of nitrogens with zero attached hydrogens (tertiary/aromatic N) is 1. The minimum atomic E-state index is 0.666. The third-order valence-electron chi connectivity index (χ3n) is 5.16. The van der Waals surface area contributed by atoms with E-state index in [1.165, 1.54) is 37.7 Å². The Labute approximate surface area is 130 Å². The van der Waals surface area contributed by atoms with Crippen LogP contribution in [-0.4, -0.2) is 37.6 Å². The molecular weight excluding hydrogens is 256 g/mol. The van der Waals surface area contributed by atoms with Gasteiger partial charge >= 0.3 is 0 Å². The van der Waals surface area contributed by atoms with Crippen LogP contribution < -0.4 is 5.32 Å². The standard InChI is InChI=1S/C19H32N2/c1-4-8-17-11-12-18(20-2)19(15-17)21(3)14-13-16-9-6-5-7-10-16/h5-7,9-10,17-20H,4,8,11-15H2,1-3H3. The van der Waals surface area contributed by atoms with E-state index in [0.29, 0.717) is 12.1 Å². The van der Waals surface area contributed by atoms with Gasteiger partial charge in [0.15, 0.2) is 0 Å². The molecular formula is C19H32N2. The van der Waals surface area contributed by atoms with E-state index < -0.39 is 0 Å². The lowest BCUT2D eigenvalue weighted by atomic mass is 9.79. The molecule has 3 atom stereocenters. The summed E-state index contributed by atoms with van der Waals surface area (Å²) in [6.07, 6.45) is 7.99. The van der Waals surface area contributed by atoms with Crippen molar-refractivity contribution in [3.05, 3.63) is 35.9 Å². The number of benzene rings is 1. The van der Waals surface area contributed by atoms with Gasteiger partial charge in [0.1, 0.15) is 0 Å². The van der Waals surface area contributed by atoms with Gasteiger partial charge in [-0.1, -0.05) is 50.1 Å². The summed E-state index contributed by atoms with van der Waals surface area (Å²) in [5, 5.41) is 3.55. The predicted molar refractivity (Wildman–Crippen MR) is 91.7 cm³/mol. The van der Waals surface area contributed by atoms with Crippen molar-refractivity contribution >= 4 is 0 Å². The highest BCUT2D eigenvalue weighted by Crippen LogP contribution is 2.30. The summed E-state index contributed by atoms with van der Waals surface area (Å²) in [4.78, 5) is 2.59. The third-order valence-corrected chi connectivity index (χ3v) is 5.16. The van der Waals surface area contributed by atoms with Gasteiger partial charge in [0, 0.05) is 18.6 Å². The van der Waals surface area contributed by atoms with Gasteiger partial charge in [-0.3, -0.25) is 0 Å². The minimum absolute atomic E-state index is 0.666. The second kappa shape index (κ2) is 8.55. The summed E-state index contributed by atoms with van der Waals surface area (Å²) in [5.74, 6) is 0.934. The second-order valence-electron chi connectivity index (χ2n) is 6.65. The molecule has 0 aromatic heterocycles. The molecule has 0 heterocycles. The van der Waals surface area contributed by atoms with Gasteiger partial charge in [-0.15, -0.1) is 0 Å². The highest BCUT2D eigenvalue weighted by molar-refractivity contribution is 5.14. The van der Waals surface area contributed by atoms with Crippen molar-refractivity contribution in [1.29, 1.82) is 0 Å². The topological polar surface area (TPSA) is 15.3 Å². The zero-order chi connectivity index (χ0) is 15.1. The molecule has 118 valence electrons. The van der Waals surface area contributed by atoms with Gasteiger partial charge in [0.05, 0.1) is 0 Å². The molecule has 0 bridgehead atoms. The van der Waals surface area contributed by atoms with Crippen LogP contribution in [-0.2, 0) is 6.42 Å². The average molecular weight is 288 g/mol. The van der Waals surface area contributed by atoms with Crippen molar-refractivity contribution in [2.45, 2.75) is 57.5 Å². The summed E-state index contributed by atoms with van der Waals surface area (Å²) in [5.41, 5.74) is 1.45. The lowest BCUT2D eigenvalue weighted by Gasteiger charge is -2.41. The zero-order valence-corrected chi connectivity index (χ0v) is 14.0. The summed E-state index contributed by atoms with van der Waals surface area (Å²) >= 11 is 0. The number of likely N-dealkylation sites (N-methyl/N-ethyl adjacent to an activating group) is 2. The van der Waals surface area contributed by atoms with E-state index in [-0.39, 0.29) is 0 Å². The van der Waals surface area contributed by atoms with Crippen molar-refractivity contribution in [3.8, 4) is 0 Å². The van der Waals surface area contributed by atoms with E-state index in [9.17, 15) is 0 Å². The summed E-state index contributed by atoms with van der Waals surface area (Å²) in [7, 11) is 4.44. The largest absolute Gasteiger partial charge is 0.315 e. The Morgan fingerprint density at radius 2 is 1.95 bits per heavy atom. The number of hydrogen-bond donors (Lipinski definition) is 1. The molecule has 3 unspecified atom stereocenters. The maximum absolute atomic E-state index is 3.55. The Hall–Kier alpha value is -0.860. The minimum Gasteiger partial charge on any atom is -0.315 e. The molecule has 0 aliphatic heterocycles. The fourth-order valence-corrected chi connectivity index (χ4v) is 3.84. The molecule has 2 heteroatoms. The van der Waals surface area contributed by atoms with Gasteiger partial charge < -0.3 is 10.2 Å². The smallest absolute Gasteiger partial charge is 0.0248 e. The van der Waals surface area contributed by atoms with E-state index in [1.54, 1.807) is 0 Å². The van der Waals surface area contributed by atoms with Crippen LogP contribution in [0.3, 0.4) is 0 Å². The van der Waals surface area contributed by atoms with Gasteiger partial charge in [0.25, 0.3) is 0 Å². The van der Waals surface area contributed by atoms with Crippen molar-refractivity contribution in [3.63, 3.8) is 0 Å². The van der Waals surface area contributed by atoms with E-state index in [0.717, 1.165) is 18.9 Å². The molecule has 0 amide bonds. The Balaban J connectivity index is 1.89. The fraction of sp³-hybridized carbons (Fsp3) is 0.684. The Morgan fingerprint density at radius 1 is 1.19 bits per heavy atom. The fourth-order valence-electron chi connectivity index (χ4n) is 3.84. The summed E-state index contributed by atoms with van der Waals surface area (Å²) in [6, 6.07) is 12.2. The molecule has 1 fully saturated rings. The first-order valence-electron chi connectivity index (χ1n) is 8.66. The lowest BCUT2D eigenvalue weighted by molar-refractivity contribution is 0.120. The van der Waals surface area contributed by atoms with Gasteiger partial charge in [0.2, 0.25) is 0 Å². The van der Waals surface area contributed by atoms with Crippen LogP contribution in [0.2, 0.25) is 0 Å². The summed E-state index contributed by atoms with van der Waals surface area (Å²) < 4.78 is 0. The first-order chi connectivity index (χ1) is 10.2. The Morgan fingerprint density at radius 3 is 2.62 bits per heavy atom. The molecule has 0 radical (unpaired) electrons. The molecule has 1 aromatic rings. The van der Waals surface area contributed by atoms with Crippen molar-refractivity contribution in [2.24, 2.45) is 5.92 Å².